The van der Waals surface area contributed by atoms with Gasteiger partial charge in [0, 0.05) is 51.1 Å². The number of carbonyl (C=O) groups is 3. The lowest BCUT2D eigenvalue weighted by molar-refractivity contribution is -0.133. The molecule has 7 heteroatoms. The summed E-state index contributed by atoms with van der Waals surface area (Å²) < 4.78 is 12.9. The second-order valence-electron chi connectivity index (χ2n) is 7.35. The molecule has 1 N–H and O–H groups in total. The molecule has 2 aromatic carbocycles. The number of ketones is 1. The van der Waals surface area contributed by atoms with E-state index < -0.39 is 5.82 Å². The summed E-state index contributed by atoms with van der Waals surface area (Å²) in [5, 5.41) is 2.91. The number of benzene rings is 2. The van der Waals surface area contributed by atoms with Crippen LogP contribution in [0.5, 0.6) is 0 Å². The summed E-state index contributed by atoms with van der Waals surface area (Å²) in [5.74, 6) is -0.673. The Morgan fingerprint density at radius 3 is 2.20 bits per heavy atom. The summed E-state index contributed by atoms with van der Waals surface area (Å²) >= 11 is 0. The molecule has 1 fully saturated rings. The first-order chi connectivity index (χ1) is 14.5. The number of hydrogen-bond acceptors (Lipinski definition) is 4. The Morgan fingerprint density at radius 1 is 0.867 bits per heavy atom. The van der Waals surface area contributed by atoms with Gasteiger partial charge in [-0.3, -0.25) is 19.3 Å². The zero-order valence-corrected chi connectivity index (χ0v) is 16.9. The van der Waals surface area contributed by atoms with E-state index in [1.807, 2.05) is 35.2 Å². The van der Waals surface area contributed by atoms with E-state index in [0.717, 1.165) is 5.56 Å². The second kappa shape index (κ2) is 10.6. The quantitative estimate of drug-likeness (QED) is 0.677. The highest BCUT2D eigenvalue weighted by Gasteiger charge is 2.22. The molecule has 6 nitrogen and oxygen atoms in total. The third-order valence-corrected chi connectivity index (χ3v) is 5.16. The SMILES string of the molecule is O=C(CN1CCN(C(=O)CCC(=O)c2ccc(F)cc2)CC1)NCc1ccccc1. The second-order valence-corrected chi connectivity index (χ2v) is 7.35. The fourth-order valence-corrected chi connectivity index (χ4v) is 3.37. The van der Waals surface area contributed by atoms with Gasteiger partial charge in [0.25, 0.3) is 0 Å². The van der Waals surface area contributed by atoms with Crippen molar-refractivity contribution in [3.63, 3.8) is 0 Å². The molecule has 2 aromatic rings. The third-order valence-electron chi connectivity index (χ3n) is 5.16. The minimum atomic E-state index is -0.394. The van der Waals surface area contributed by atoms with Crippen LogP contribution in [0, 0.1) is 5.82 Å². The van der Waals surface area contributed by atoms with Crippen molar-refractivity contribution in [2.24, 2.45) is 0 Å². The van der Waals surface area contributed by atoms with E-state index in [1.165, 1.54) is 24.3 Å². The van der Waals surface area contributed by atoms with E-state index in [-0.39, 0.29) is 30.4 Å². The first-order valence-corrected chi connectivity index (χ1v) is 10.1. The highest BCUT2D eigenvalue weighted by atomic mass is 19.1. The maximum atomic E-state index is 12.9. The Morgan fingerprint density at radius 2 is 1.53 bits per heavy atom. The zero-order chi connectivity index (χ0) is 21.3. The molecule has 0 unspecified atom stereocenters. The first kappa shape index (κ1) is 21.6. The topological polar surface area (TPSA) is 69.7 Å². The molecule has 0 radical (unpaired) electrons. The number of halogens is 1. The largest absolute Gasteiger partial charge is 0.351 e. The maximum absolute atomic E-state index is 12.9. The molecule has 1 saturated heterocycles. The number of hydrogen-bond donors (Lipinski definition) is 1. The number of nitrogens with zero attached hydrogens (tertiary/aromatic N) is 2. The minimum absolute atomic E-state index is 0.0384. The molecular formula is C23H26FN3O3. The smallest absolute Gasteiger partial charge is 0.234 e. The van der Waals surface area contributed by atoms with Crippen LogP contribution in [0.2, 0.25) is 0 Å². The Balaban J connectivity index is 1.35. The van der Waals surface area contributed by atoms with E-state index >= 15 is 0 Å². The van der Waals surface area contributed by atoms with Crippen molar-refractivity contribution in [1.82, 2.24) is 15.1 Å². The Bertz CT molecular complexity index is 863. The Kier molecular flexibility index (Phi) is 7.68. The van der Waals surface area contributed by atoms with Crippen LogP contribution in [0.15, 0.2) is 54.6 Å². The van der Waals surface area contributed by atoms with E-state index in [4.69, 9.17) is 0 Å². The van der Waals surface area contributed by atoms with Gasteiger partial charge in [-0.15, -0.1) is 0 Å². The monoisotopic (exact) mass is 411 g/mol. The zero-order valence-electron chi connectivity index (χ0n) is 16.9. The Hall–Kier alpha value is -3.06. The fraction of sp³-hybridized carbons (Fsp3) is 0.348. The lowest BCUT2D eigenvalue weighted by Crippen LogP contribution is -2.51. The lowest BCUT2D eigenvalue weighted by atomic mass is 10.1. The fourth-order valence-electron chi connectivity index (χ4n) is 3.37. The summed E-state index contributed by atoms with van der Waals surface area (Å²) in [5.41, 5.74) is 1.46. The first-order valence-electron chi connectivity index (χ1n) is 10.1. The van der Waals surface area contributed by atoms with Gasteiger partial charge in [-0.05, 0) is 29.8 Å². The van der Waals surface area contributed by atoms with Crippen molar-refractivity contribution < 1.29 is 18.8 Å². The number of piperazine rings is 1. The van der Waals surface area contributed by atoms with Gasteiger partial charge in [0.05, 0.1) is 6.54 Å². The molecule has 0 saturated carbocycles. The Labute approximate surface area is 175 Å². The average Bonchev–Trinajstić information content (AvgIpc) is 2.77. The maximum Gasteiger partial charge on any atom is 0.234 e. The summed E-state index contributed by atoms with van der Waals surface area (Å²) in [6.45, 7) is 3.12. The van der Waals surface area contributed by atoms with E-state index in [1.54, 1.807) is 4.90 Å². The standard InChI is InChI=1S/C23H26FN3O3/c24-20-8-6-19(7-9-20)21(28)10-11-23(30)27-14-12-26(13-15-27)17-22(29)25-16-18-4-2-1-3-5-18/h1-9H,10-17H2,(H,25,29). The van der Waals surface area contributed by atoms with Gasteiger partial charge >= 0.3 is 0 Å². The summed E-state index contributed by atoms with van der Waals surface area (Å²) in [6, 6.07) is 15.1. The normalized spacial score (nSPS) is 14.4. The summed E-state index contributed by atoms with van der Waals surface area (Å²) in [6.07, 6.45) is 0.236. The molecule has 0 atom stereocenters. The number of amides is 2. The van der Waals surface area contributed by atoms with Crippen molar-refractivity contribution in [3.05, 3.63) is 71.5 Å². The molecule has 158 valence electrons. The molecule has 30 heavy (non-hydrogen) atoms. The van der Waals surface area contributed by atoms with Gasteiger partial charge in [-0.25, -0.2) is 4.39 Å². The lowest BCUT2D eigenvalue weighted by Gasteiger charge is -2.34. The van der Waals surface area contributed by atoms with Crippen LogP contribution in [-0.2, 0) is 16.1 Å². The van der Waals surface area contributed by atoms with Gasteiger partial charge in [-0.2, -0.15) is 0 Å². The van der Waals surface area contributed by atoms with E-state index in [9.17, 15) is 18.8 Å². The van der Waals surface area contributed by atoms with Crippen molar-refractivity contribution in [3.8, 4) is 0 Å². The number of rotatable bonds is 8. The van der Waals surface area contributed by atoms with Crippen LogP contribution in [0.4, 0.5) is 4.39 Å². The average molecular weight is 411 g/mol. The number of Topliss-reactive ketones (excluding diaryl/α,β-unsaturated/α-hetero) is 1. The van der Waals surface area contributed by atoms with E-state index in [0.29, 0.717) is 44.8 Å². The molecule has 3 rings (SSSR count). The van der Waals surface area contributed by atoms with Gasteiger partial charge in [0.15, 0.2) is 5.78 Å². The molecule has 0 aliphatic carbocycles. The van der Waals surface area contributed by atoms with Crippen LogP contribution < -0.4 is 5.32 Å². The third kappa shape index (κ3) is 6.49. The van der Waals surface area contributed by atoms with Crippen molar-refractivity contribution >= 4 is 17.6 Å². The van der Waals surface area contributed by atoms with Crippen molar-refractivity contribution in [2.45, 2.75) is 19.4 Å². The van der Waals surface area contributed by atoms with Gasteiger partial charge in [0.2, 0.25) is 11.8 Å². The molecule has 1 aliphatic rings. The van der Waals surface area contributed by atoms with Gasteiger partial charge in [-0.1, -0.05) is 30.3 Å². The number of nitrogens with one attached hydrogen (secondary N) is 1. The minimum Gasteiger partial charge on any atom is -0.351 e. The predicted octanol–water partition coefficient (Wildman–Crippen LogP) is 2.25. The van der Waals surface area contributed by atoms with Gasteiger partial charge < -0.3 is 10.2 Å². The van der Waals surface area contributed by atoms with Crippen LogP contribution in [-0.4, -0.2) is 60.1 Å². The summed E-state index contributed by atoms with van der Waals surface area (Å²) in [4.78, 5) is 40.4. The number of carbonyl (C=O) groups excluding carboxylic acids is 3. The predicted molar refractivity (Wildman–Crippen MR) is 111 cm³/mol. The molecule has 2 amide bonds. The molecule has 0 bridgehead atoms. The molecule has 0 spiro atoms. The van der Waals surface area contributed by atoms with Crippen LogP contribution in [0.1, 0.15) is 28.8 Å². The molecular weight excluding hydrogens is 385 g/mol. The van der Waals surface area contributed by atoms with Crippen molar-refractivity contribution in [1.29, 1.82) is 0 Å². The van der Waals surface area contributed by atoms with Gasteiger partial charge in [0.1, 0.15) is 5.82 Å². The van der Waals surface area contributed by atoms with E-state index in [2.05, 4.69) is 5.32 Å². The highest BCUT2D eigenvalue weighted by molar-refractivity contribution is 5.97. The van der Waals surface area contributed by atoms with Crippen LogP contribution in [0.25, 0.3) is 0 Å². The summed E-state index contributed by atoms with van der Waals surface area (Å²) in [7, 11) is 0. The highest BCUT2D eigenvalue weighted by Crippen LogP contribution is 2.10. The molecule has 1 heterocycles. The molecule has 1 aliphatic heterocycles. The molecule has 0 aromatic heterocycles. The van der Waals surface area contributed by atoms with Crippen molar-refractivity contribution in [2.75, 3.05) is 32.7 Å². The van der Waals surface area contributed by atoms with Crippen LogP contribution in [0.3, 0.4) is 0 Å². The van der Waals surface area contributed by atoms with Crippen LogP contribution >= 0.6 is 0 Å².